The van der Waals surface area contributed by atoms with Gasteiger partial charge in [-0.2, -0.15) is 0 Å². The van der Waals surface area contributed by atoms with Gasteiger partial charge in [-0.1, -0.05) is 20.8 Å². The number of nitrogen functional groups attached to an aromatic ring is 1. The molecule has 0 radical (unpaired) electrons. The molecule has 0 amide bonds. The van der Waals surface area contributed by atoms with E-state index in [0.29, 0.717) is 5.82 Å². The van der Waals surface area contributed by atoms with Gasteiger partial charge in [-0.15, -0.1) is 0 Å². The largest absolute Gasteiger partial charge is 0.396 e. The average Bonchev–Trinajstić information content (AvgIpc) is 2.30. The van der Waals surface area contributed by atoms with Gasteiger partial charge in [0.25, 0.3) is 0 Å². The number of anilines is 2. The van der Waals surface area contributed by atoms with Crippen molar-refractivity contribution in [2.45, 2.75) is 58.9 Å². The molecule has 0 aromatic carbocycles. The Hall–Kier alpha value is -1.36. The van der Waals surface area contributed by atoms with Gasteiger partial charge in [0.1, 0.15) is 17.5 Å². The molecule has 1 aromatic heterocycles. The normalized spacial score (nSPS) is 13.4. The zero-order chi connectivity index (χ0) is 14.6. The maximum absolute atomic E-state index is 8.86. The molecule has 0 spiro atoms. The van der Waals surface area contributed by atoms with Gasteiger partial charge in [-0.05, 0) is 26.7 Å². The second-order valence-corrected chi connectivity index (χ2v) is 6.07. The van der Waals surface area contributed by atoms with Gasteiger partial charge in [-0.3, -0.25) is 0 Å². The minimum atomic E-state index is -0.132. The summed E-state index contributed by atoms with van der Waals surface area (Å²) in [5, 5.41) is 12.2. The summed E-state index contributed by atoms with van der Waals surface area (Å²) in [6.45, 7) is 10.4. The highest BCUT2D eigenvalue weighted by atomic mass is 16.2. The molecule has 0 saturated carbocycles. The summed E-state index contributed by atoms with van der Waals surface area (Å²) in [4.78, 5) is 8.95. The van der Waals surface area contributed by atoms with Crippen molar-refractivity contribution in [3.63, 3.8) is 0 Å². The Bertz CT molecular complexity index is 426. The van der Waals surface area contributed by atoms with Crippen LogP contribution in [0.3, 0.4) is 0 Å². The minimum absolute atomic E-state index is 0.132. The molecule has 4 N–H and O–H groups in total. The van der Waals surface area contributed by atoms with E-state index >= 15 is 0 Å². The van der Waals surface area contributed by atoms with Crippen molar-refractivity contribution in [1.82, 2.24) is 9.97 Å². The number of aliphatic hydroxyl groups excluding tert-OH is 1. The zero-order valence-electron chi connectivity index (χ0n) is 12.6. The Morgan fingerprint density at radius 3 is 2.47 bits per heavy atom. The van der Waals surface area contributed by atoms with Crippen molar-refractivity contribution in [1.29, 1.82) is 0 Å². The molecule has 1 aromatic rings. The topological polar surface area (TPSA) is 84.1 Å². The minimum Gasteiger partial charge on any atom is -0.396 e. The van der Waals surface area contributed by atoms with Crippen LogP contribution in [0.4, 0.5) is 11.6 Å². The molecule has 0 aliphatic carbocycles. The number of hydrogen-bond donors (Lipinski definition) is 3. The Labute approximate surface area is 115 Å². The Morgan fingerprint density at radius 1 is 1.32 bits per heavy atom. The second kappa shape index (κ2) is 6.19. The molecule has 0 bridgehead atoms. The van der Waals surface area contributed by atoms with Gasteiger partial charge in [0.15, 0.2) is 0 Å². The van der Waals surface area contributed by atoms with E-state index < -0.39 is 0 Å². The standard InChI is InChI=1S/C14H26N4O/c1-9(7-6-8-19)16-12-10(2)11(15)17-13(18-12)14(3,4)5/h9,19H,6-8H2,1-5H3,(H3,15,16,17,18). The van der Waals surface area contributed by atoms with Gasteiger partial charge in [0.2, 0.25) is 0 Å². The number of rotatable bonds is 5. The van der Waals surface area contributed by atoms with Gasteiger partial charge in [0, 0.05) is 23.6 Å². The SMILES string of the molecule is Cc1c(N)nc(C(C)(C)C)nc1NC(C)CCCO. The summed E-state index contributed by atoms with van der Waals surface area (Å²) in [7, 11) is 0. The predicted octanol–water partition coefficient (Wildman–Crippen LogP) is 2.24. The van der Waals surface area contributed by atoms with Crippen molar-refractivity contribution in [3.05, 3.63) is 11.4 Å². The number of nitrogens with one attached hydrogen (secondary N) is 1. The van der Waals surface area contributed by atoms with Crippen molar-refractivity contribution in [3.8, 4) is 0 Å². The second-order valence-electron chi connectivity index (χ2n) is 6.07. The summed E-state index contributed by atoms with van der Waals surface area (Å²) < 4.78 is 0. The number of nitrogens with two attached hydrogens (primary N) is 1. The molecule has 1 atom stereocenters. The lowest BCUT2D eigenvalue weighted by Crippen LogP contribution is -2.22. The third-order valence-electron chi connectivity index (χ3n) is 3.03. The van der Waals surface area contributed by atoms with E-state index in [0.717, 1.165) is 30.0 Å². The lowest BCUT2D eigenvalue weighted by molar-refractivity contribution is 0.282. The molecular formula is C14H26N4O. The number of hydrogen-bond acceptors (Lipinski definition) is 5. The number of aliphatic hydroxyl groups is 1. The molecular weight excluding hydrogens is 240 g/mol. The van der Waals surface area contributed by atoms with Crippen LogP contribution >= 0.6 is 0 Å². The average molecular weight is 266 g/mol. The van der Waals surface area contributed by atoms with Gasteiger partial charge < -0.3 is 16.2 Å². The van der Waals surface area contributed by atoms with Crippen molar-refractivity contribution >= 4 is 11.6 Å². The van der Waals surface area contributed by atoms with Crippen LogP contribution in [0.5, 0.6) is 0 Å². The summed E-state index contributed by atoms with van der Waals surface area (Å²) in [6.07, 6.45) is 1.67. The molecule has 1 rings (SSSR count). The van der Waals surface area contributed by atoms with Crippen LogP contribution in [0.25, 0.3) is 0 Å². The molecule has 0 fully saturated rings. The third kappa shape index (κ3) is 4.35. The lowest BCUT2D eigenvalue weighted by Gasteiger charge is -2.21. The van der Waals surface area contributed by atoms with Crippen molar-refractivity contribution in [2.24, 2.45) is 0 Å². The van der Waals surface area contributed by atoms with E-state index in [1.54, 1.807) is 0 Å². The zero-order valence-corrected chi connectivity index (χ0v) is 12.6. The van der Waals surface area contributed by atoms with E-state index in [1.807, 2.05) is 6.92 Å². The van der Waals surface area contributed by atoms with E-state index in [2.05, 4.69) is 43.0 Å². The lowest BCUT2D eigenvalue weighted by atomic mass is 9.95. The molecule has 108 valence electrons. The first-order chi connectivity index (χ1) is 8.75. The molecule has 0 aliphatic heterocycles. The number of aromatic nitrogens is 2. The summed E-state index contributed by atoms with van der Waals surface area (Å²) >= 11 is 0. The monoisotopic (exact) mass is 266 g/mol. The Morgan fingerprint density at radius 2 is 1.95 bits per heavy atom. The molecule has 1 unspecified atom stereocenters. The maximum atomic E-state index is 8.86. The molecule has 19 heavy (non-hydrogen) atoms. The van der Waals surface area contributed by atoms with Crippen LogP contribution in [-0.4, -0.2) is 27.7 Å². The van der Waals surface area contributed by atoms with Crippen LogP contribution in [0.1, 0.15) is 51.9 Å². The van der Waals surface area contributed by atoms with E-state index in [1.165, 1.54) is 0 Å². The third-order valence-corrected chi connectivity index (χ3v) is 3.03. The fraction of sp³-hybridized carbons (Fsp3) is 0.714. The highest BCUT2D eigenvalue weighted by Crippen LogP contribution is 2.25. The maximum Gasteiger partial charge on any atom is 0.138 e. The van der Waals surface area contributed by atoms with Crippen LogP contribution in [0.15, 0.2) is 0 Å². The smallest absolute Gasteiger partial charge is 0.138 e. The quantitative estimate of drug-likeness (QED) is 0.761. The Kier molecular flexibility index (Phi) is 5.11. The molecule has 1 heterocycles. The molecule has 5 heteroatoms. The molecule has 0 saturated heterocycles. The Balaban J connectivity index is 2.96. The van der Waals surface area contributed by atoms with Crippen molar-refractivity contribution in [2.75, 3.05) is 17.7 Å². The fourth-order valence-electron chi connectivity index (χ4n) is 1.71. The highest BCUT2D eigenvalue weighted by Gasteiger charge is 2.20. The highest BCUT2D eigenvalue weighted by molar-refractivity contribution is 5.55. The summed E-state index contributed by atoms with van der Waals surface area (Å²) in [5.41, 5.74) is 6.71. The fourth-order valence-corrected chi connectivity index (χ4v) is 1.71. The van der Waals surface area contributed by atoms with Gasteiger partial charge >= 0.3 is 0 Å². The summed E-state index contributed by atoms with van der Waals surface area (Å²) in [5.74, 6) is 2.06. The van der Waals surface area contributed by atoms with E-state index in [4.69, 9.17) is 10.8 Å². The summed E-state index contributed by atoms with van der Waals surface area (Å²) in [6, 6.07) is 0.243. The van der Waals surface area contributed by atoms with Crippen LogP contribution < -0.4 is 11.1 Å². The van der Waals surface area contributed by atoms with E-state index in [-0.39, 0.29) is 18.1 Å². The first-order valence-corrected chi connectivity index (χ1v) is 6.77. The first kappa shape index (κ1) is 15.7. The first-order valence-electron chi connectivity index (χ1n) is 6.77. The molecule has 0 aliphatic rings. The number of nitrogens with zero attached hydrogens (tertiary/aromatic N) is 2. The van der Waals surface area contributed by atoms with E-state index in [9.17, 15) is 0 Å². The van der Waals surface area contributed by atoms with Gasteiger partial charge in [0.05, 0.1) is 0 Å². The van der Waals surface area contributed by atoms with Crippen LogP contribution in [0, 0.1) is 6.92 Å². The van der Waals surface area contributed by atoms with Crippen LogP contribution in [-0.2, 0) is 5.41 Å². The molecule has 5 nitrogen and oxygen atoms in total. The predicted molar refractivity (Wildman–Crippen MR) is 79.3 cm³/mol. The van der Waals surface area contributed by atoms with Crippen molar-refractivity contribution < 1.29 is 5.11 Å². The van der Waals surface area contributed by atoms with Crippen LogP contribution in [0.2, 0.25) is 0 Å². The van der Waals surface area contributed by atoms with Gasteiger partial charge in [-0.25, -0.2) is 9.97 Å².